The van der Waals surface area contributed by atoms with E-state index in [1.807, 2.05) is 0 Å². The van der Waals surface area contributed by atoms with Crippen molar-refractivity contribution < 1.29 is 22.6 Å². The van der Waals surface area contributed by atoms with E-state index in [4.69, 9.17) is 9.05 Å². The average molecular weight is 360 g/mol. The third kappa shape index (κ3) is 2.96. The SMILES string of the molecule is O=C(NCc1noc(-c2c(F)cccc2F)n1)c1onc2c1CCCC2. The second kappa shape index (κ2) is 6.66. The Morgan fingerprint density at radius 3 is 2.69 bits per heavy atom. The zero-order valence-electron chi connectivity index (χ0n) is 13.6. The molecule has 1 aliphatic carbocycles. The van der Waals surface area contributed by atoms with Crippen LogP contribution in [0.1, 0.15) is 40.5 Å². The second-order valence-corrected chi connectivity index (χ2v) is 5.94. The molecule has 2 heterocycles. The van der Waals surface area contributed by atoms with Crippen LogP contribution < -0.4 is 5.32 Å². The van der Waals surface area contributed by atoms with Crippen LogP contribution in [0.15, 0.2) is 27.2 Å². The van der Waals surface area contributed by atoms with Crippen molar-refractivity contribution in [1.82, 2.24) is 20.6 Å². The largest absolute Gasteiger partial charge is 0.350 e. The number of fused-ring (bicyclic) bond motifs is 1. The molecule has 9 heteroatoms. The molecule has 1 N–H and O–H groups in total. The molecule has 0 atom stereocenters. The van der Waals surface area contributed by atoms with Crippen molar-refractivity contribution in [3.8, 4) is 11.5 Å². The molecule has 0 saturated carbocycles. The summed E-state index contributed by atoms with van der Waals surface area (Å²) in [6.45, 7) is -0.0755. The normalized spacial score (nSPS) is 13.5. The number of rotatable bonds is 4. The lowest BCUT2D eigenvalue weighted by Gasteiger charge is -2.08. The van der Waals surface area contributed by atoms with Gasteiger partial charge in [0.15, 0.2) is 5.82 Å². The molecule has 2 aromatic heterocycles. The number of nitrogens with one attached hydrogen (secondary N) is 1. The quantitative estimate of drug-likeness (QED) is 0.769. The van der Waals surface area contributed by atoms with Crippen molar-refractivity contribution in [2.24, 2.45) is 0 Å². The van der Waals surface area contributed by atoms with Crippen molar-refractivity contribution in [2.45, 2.75) is 32.2 Å². The van der Waals surface area contributed by atoms with E-state index >= 15 is 0 Å². The van der Waals surface area contributed by atoms with Gasteiger partial charge < -0.3 is 14.4 Å². The van der Waals surface area contributed by atoms with Crippen LogP contribution in [0.3, 0.4) is 0 Å². The van der Waals surface area contributed by atoms with Gasteiger partial charge in [-0.2, -0.15) is 4.98 Å². The van der Waals surface area contributed by atoms with E-state index < -0.39 is 23.1 Å². The van der Waals surface area contributed by atoms with Crippen LogP contribution in [0.4, 0.5) is 8.78 Å². The molecule has 0 radical (unpaired) electrons. The van der Waals surface area contributed by atoms with E-state index in [1.165, 1.54) is 6.07 Å². The number of benzene rings is 1. The Labute approximate surface area is 146 Å². The fraction of sp³-hybridized carbons (Fsp3) is 0.294. The van der Waals surface area contributed by atoms with Crippen molar-refractivity contribution in [3.05, 3.63) is 52.7 Å². The Balaban J connectivity index is 1.47. The third-order valence-corrected chi connectivity index (χ3v) is 4.22. The molecule has 1 aliphatic rings. The second-order valence-electron chi connectivity index (χ2n) is 5.94. The smallest absolute Gasteiger partial charge is 0.290 e. The lowest BCUT2D eigenvalue weighted by atomic mass is 9.96. The molecule has 0 unspecified atom stereocenters. The summed E-state index contributed by atoms with van der Waals surface area (Å²) in [6.07, 6.45) is 3.56. The standard InChI is InChI=1S/C17H14F2N4O3/c18-10-5-3-6-11(19)14(10)17-21-13(23-26-17)8-20-16(24)15-9-4-1-2-7-12(9)22-25-15/h3,5-6H,1-2,4,7-8H2,(H,20,24). The lowest BCUT2D eigenvalue weighted by Crippen LogP contribution is -2.24. The summed E-state index contributed by atoms with van der Waals surface area (Å²) in [5.41, 5.74) is 1.25. The van der Waals surface area contributed by atoms with Crippen LogP contribution in [0.2, 0.25) is 0 Å². The minimum absolute atomic E-state index is 0.0755. The van der Waals surface area contributed by atoms with Crippen molar-refractivity contribution in [3.63, 3.8) is 0 Å². The molecule has 1 aromatic carbocycles. The molecule has 3 aromatic rings. The highest BCUT2D eigenvalue weighted by Gasteiger charge is 2.24. The van der Waals surface area contributed by atoms with Gasteiger partial charge in [-0.05, 0) is 37.8 Å². The number of aryl methyl sites for hydroxylation is 1. The summed E-state index contributed by atoms with van der Waals surface area (Å²) in [6, 6.07) is 3.43. The van der Waals surface area contributed by atoms with Crippen LogP contribution in [-0.2, 0) is 19.4 Å². The van der Waals surface area contributed by atoms with Crippen LogP contribution in [0.5, 0.6) is 0 Å². The highest BCUT2D eigenvalue weighted by Crippen LogP contribution is 2.25. The zero-order valence-corrected chi connectivity index (χ0v) is 13.6. The predicted octanol–water partition coefficient (Wildman–Crippen LogP) is 2.81. The van der Waals surface area contributed by atoms with Gasteiger partial charge >= 0.3 is 0 Å². The maximum atomic E-state index is 13.7. The van der Waals surface area contributed by atoms with Crippen molar-refractivity contribution in [1.29, 1.82) is 0 Å². The number of nitrogens with zero attached hydrogens (tertiary/aromatic N) is 3. The first-order chi connectivity index (χ1) is 12.6. The van der Waals surface area contributed by atoms with Crippen molar-refractivity contribution in [2.75, 3.05) is 0 Å². The Morgan fingerprint density at radius 1 is 1.12 bits per heavy atom. The number of hydrogen-bond acceptors (Lipinski definition) is 6. The van der Waals surface area contributed by atoms with E-state index in [2.05, 4.69) is 20.6 Å². The summed E-state index contributed by atoms with van der Waals surface area (Å²) >= 11 is 0. The van der Waals surface area contributed by atoms with E-state index in [9.17, 15) is 13.6 Å². The zero-order chi connectivity index (χ0) is 18.1. The molecule has 4 rings (SSSR count). The molecule has 7 nitrogen and oxygen atoms in total. The fourth-order valence-electron chi connectivity index (χ4n) is 2.94. The molecular weight excluding hydrogens is 346 g/mol. The van der Waals surface area contributed by atoms with Gasteiger partial charge in [-0.1, -0.05) is 16.4 Å². The molecule has 134 valence electrons. The van der Waals surface area contributed by atoms with Crippen molar-refractivity contribution >= 4 is 5.91 Å². The molecular formula is C17H14F2N4O3. The van der Waals surface area contributed by atoms with Gasteiger partial charge in [-0.15, -0.1) is 0 Å². The molecule has 0 spiro atoms. The lowest BCUT2D eigenvalue weighted by molar-refractivity contribution is 0.0911. The topological polar surface area (TPSA) is 94.1 Å². The Morgan fingerprint density at radius 2 is 1.88 bits per heavy atom. The van der Waals surface area contributed by atoms with E-state index in [0.717, 1.165) is 49.1 Å². The van der Waals surface area contributed by atoms with Gasteiger partial charge in [-0.25, -0.2) is 8.78 Å². The van der Waals surface area contributed by atoms with Gasteiger partial charge in [0.1, 0.15) is 17.2 Å². The number of hydrogen-bond donors (Lipinski definition) is 1. The Kier molecular flexibility index (Phi) is 4.19. The molecule has 0 fully saturated rings. The van der Waals surface area contributed by atoms with Gasteiger partial charge in [0.25, 0.3) is 11.8 Å². The molecule has 26 heavy (non-hydrogen) atoms. The van der Waals surface area contributed by atoms with E-state index in [1.54, 1.807) is 0 Å². The van der Waals surface area contributed by atoms with Crippen LogP contribution >= 0.6 is 0 Å². The highest BCUT2D eigenvalue weighted by molar-refractivity contribution is 5.93. The number of carbonyl (C=O) groups excluding carboxylic acids is 1. The molecule has 0 bridgehead atoms. The van der Waals surface area contributed by atoms with Crippen LogP contribution in [0, 0.1) is 11.6 Å². The summed E-state index contributed by atoms with van der Waals surface area (Å²) < 4.78 is 37.5. The first-order valence-electron chi connectivity index (χ1n) is 8.16. The predicted molar refractivity (Wildman–Crippen MR) is 84.0 cm³/mol. The van der Waals surface area contributed by atoms with Gasteiger partial charge in [0.2, 0.25) is 5.76 Å². The molecule has 1 amide bonds. The maximum absolute atomic E-state index is 13.7. The number of carbonyl (C=O) groups is 1. The first-order valence-corrected chi connectivity index (χ1v) is 8.16. The number of aromatic nitrogens is 3. The summed E-state index contributed by atoms with van der Waals surface area (Å²) in [5, 5.41) is 10.2. The molecule has 0 saturated heterocycles. The number of amides is 1. The monoisotopic (exact) mass is 360 g/mol. The first kappa shape index (κ1) is 16.4. The van der Waals surface area contributed by atoms with E-state index in [0.29, 0.717) is 0 Å². The third-order valence-electron chi connectivity index (χ3n) is 4.22. The molecule has 0 aliphatic heterocycles. The highest BCUT2D eigenvalue weighted by atomic mass is 19.1. The Hall–Kier alpha value is -3.10. The van der Waals surface area contributed by atoms with Gasteiger partial charge in [-0.3, -0.25) is 4.79 Å². The van der Waals surface area contributed by atoms with Gasteiger partial charge in [0, 0.05) is 5.56 Å². The summed E-state index contributed by atoms with van der Waals surface area (Å²) in [5.74, 6) is -2.08. The van der Waals surface area contributed by atoms with Crippen LogP contribution in [0.25, 0.3) is 11.5 Å². The summed E-state index contributed by atoms with van der Waals surface area (Å²) in [7, 11) is 0. The van der Waals surface area contributed by atoms with E-state index in [-0.39, 0.29) is 24.0 Å². The Bertz CT molecular complexity index is 947. The minimum atomic E-state index is -0.808. The van der Waals surface area contributed by atoms with Gasteiger partial charge in [0.05, 0.1) is 12.2 Å². The summed E-state index contributed by atoms with van der Waals surface area (Å²) in [4.78, 5) is 16.2. The fourth-order valence-corrected chi connectivity index (χ4v) is 2.94. The van der Waals surface area contributed by atoms with Crippen LogP contribution in [-0.4, -0.2) is 21.2 Å². The number of halogens is 2. The minimum Gasteiger partial charge on any atom is -0.350 e. The maximum Gasteiger partial charge on any atom is 0.290 e. The average Bonchev–Trinajstić information content (AvgIpc) is 3.27.